The summed E-state index contributed by atoms with van der Waals surface area (Å²) < 4.78 is 0. The van der Waals surface area contributed by atoms with Crippen LogP contribution in [-0.4, -0.2) is 260 Å². The van der Waals surface area contributed by atoms with Gasteiger partial charge in [-0.3, -0.25) is 71.9 Å². The lowest BCUT2D eigenvalue weighted by molar-refractivity contribution is -0.192. The number of para-hydroxylation sites is 1. The molecule has 1 saturated heterocycles. The van der Waals surface area contributed by atoms with E-state index in [-0.39, 0.29) is 80.7 Å². The second-order valence-electron chi connectivity index (χ2n) is 33.3. The highest BCUT2D eigenvalue weighted by Gasteiger charge is 2.43. The van der Waals surface area contributed by atoms with Crippen LogP contribution in [0.4, 0.5) is 0 Å². The number of hydrogen-bond acceptors (Lipinski definition) is 20. The smallest absolute Gasteiger partial charge is 0.373 e. The van der Waals surface area contributed by atoms with Crippen molar-refractivity contribution in [1.82, 2.24) is 72.0 Å². The van der Waals surface area contributed by atoms with Crippen molar-refractivity contribution in [2.24, 2.45) is 17.6 Å². The molecule has 0 unspecified atom stereocenters. The molecule has 14 amide bonds. The number of carbonyl (C=O) groups is 15. The average Bonchev–Trinajstić information content (AvgIpc) is 1.59. The second kappa shape index (κ2) is 50.8. The fourth-order valence-corrected chi connectivity index (χ4v) is 15.8. The Kier molecular flexibility index (Phi) is 40.5. The fraction of sp³-hybridized carbons (Fsp3) is 0.432. The van der Waals surface area contributed by atoms with Crippen molar-refractivity contribution < 1.29 is 91.7 Å². The van der Waals surface area contributed by atoms with Crippen LogP contribution < -0.4 is 48.3 Å². The number of phenolic OH excluding ortho intramolecular Hbond substituents is 2. The standard InChI is InChI=1S/C94H121N15O17S.CO2/c1-13-14-34-76-92(124)106(9)59(7)85(117)97-58(6)84(116)104-83(57(4)5)94(126)108(11)77(49-61-28-20-16-21-29-61)89(121)102-73(48-64-37-41-67(111)42-38-64)90(122)105(8)53-81(114)98-72(51-65-52-96-69-33-25-24-32-68(65)69)88(120)101-71(46-63-35-39-66(110)40-36-63)87(119)100-70(45-56(2)3)86(118)103-75(79(112)43-44-80(95)113)54-127-55-82(115)99-74(47-60-26-18-15-19-27-60)91(123)109(12)78(93(125)107(76)10)50-62-30-22-17-23-31-62;2-1-3/h15-33,35-42,52,56-59,70-78,83,96,110-111H,13-14,34,43-51,53-55H2,1-12H3,(H2,95,113)(H,97,117)(H,98,114)(H,99,115)(H,100,119)(H,101,120)(H,102,121)(H,103,118)(H,104,116);/t58-,59-,70-,71-,72-,73-,74-,75-,76-,77-,78-,83-;/m0./s1. The summed E-state index contributed by atoms with van der Waals surface area (Å²) in [6, 6.07) is 28.1. The molecule has 696 valence electrons. The van der Waals surface area contributed by atoms with Crippen LogP contribution in [0.3, 0.4) is 0 Å². The number of likely N-dealkylation sites (N-methyl/N-ethyl adjacent to an activating group) is 5. The Bertz CT molecular complexity index is 5080. The van der Waals surface area contributed by atoms with Crippen molar-refractivity contribution in [3.05, 3.63) is 203 Å². The van der Waals surface area contributed by atoms with Crippen LogP contribution in [0.5, 0.6) is 11.5 Å². The Morgan fingerprint density at radius 2 is 0.915 bits per heavy atom. The second-order valence-corrected chi connectivity index (χ2v) is 34.4. The quantitative estimate of drug-likeness (QED) is 0.0457. The lowest BCUT2D eigenvalue weighted by Gasteiger charge is -2.38. The topological polar surface area (TPSA) is 485 Å². The van der Waals surface area contributed by atoms with E-state index in [0.29, 0.717) is 57.1 Å². The molecule has 1 aliphatic rings. The van der Waals surface area contributed by atoms with Crippen molar-refractivity contribution >= 4 is 117 Å². The van der Waals surface area contributed by atoms with Gasteiger partial charge < -0.3 is 88.0 Å². The maximum Gasteiger partial charge on any atom is 0.373 e. The van der Waals surface area contributed by atoms with Crippen LogP contribution in [0.1, 0.15) is 120 Å². The molecule has 1 aromatic heterocycles. The molecule has 0 saturated carbocycles. The molecule has 35 heteroatoms. The first-order valence-corrected chi connectivity index (χ1v) is 44.3. The summed E-state index contributed by atoms with van der Waals surface area (Å²) in [7, 11) is 6.88. The molecule has 6 aromatic carbocycles. The van der Waals surface area contributed by atoms with Gasteiger partial charge in [-0.1, -0.05) is 181 Å². The number of ketones is 1. The van der Waals surface area contributed by atoms with Gasteiger partial charge in [-0.2, -0.15) is 9.59 Å². The van der Waals surface area contributed by atoms with E-state index in [4.69, 9.17) is 15.3 Å². The summed E-state index contributed by atoms with van der Waals surface area (Å²) in [6.07, 6.45) is 1.03. The summed E-state index contributed by atoms with van der Waals surface area (Å²) in [5.41, 5.74) is 9.44. The number of unbranched alkanes of at least 4 members (excludes halogenated alkanes) is 1. The van der Waals surface area contributed by atoms with Gasteiger partial charge in [-0.25, -0.2) is 0 Å². The van der Waals surface area contributed by atoms with Gasteiger partial charge in [0.1, 0.15) is 78.0 Å². The number of rotatable bonds is 22. The van der Waals surface area contributed by atoms with Gasteiger partial charge >= 0.3 is 6.15 Å². The maximum atomic E-state index is 15.6. The number of H-pyrrole nitrogens is 1. The number of amides is 14. The number of phenols is 2. The van der Waals surface area contributed by atoms with Gasteiger partial charge in [0.25, 0.3) is 0 Å². The third kappa shape index (κ3) is 31.1. The molecule has 0 bridgehead atoms. The molecule has 34 nitrogen and oxygen atoms in total. The zero-order valence-electron chi connectivity index (χ0n) is 75.4. The molecule has 0 spiro atoms. The van der Waals surface area contributed by atoms with E-state index < -0.39 is 192 Å². The number of aromatic hydroxyl groups is 2. The molecule has 7 aromatic rings. The Morgan fingerprint density at radius 3 is 1.45 bits per heavy atom. The lowest BCUT2D eigenvalue weighted by Crippen LogP contribution is -2.61. The molecule has 1 aliphatic heterocycles. The maximum absolute atomic E-state index is 15.6. The number of aromatic nitrogens is 1. The van der Waals surface area contributed by atoms with E-state index in [9.17, 15) is 43.8 Å². The Hall–Kier alpha value is -13.6. The van der Waals surface area contributed by atoms with Gasteiger partial charge in [-0.15, -0.1) is 11.8 Å². The normalized spacial score (nSPS) is 22.3. The number of aromatic amines is 1. The number of primary amides is 1. The minimum Gasteiger partial charge on any atom is -0.508 e. The number of hydrogen-bond donors (Lipinski definition) is 12. The summed E-state index contributed by atoms with van der Waals surface area (Å²) >= 11 is 0.890. The van der Waals surface area contributed by atoms with Crippen LogP contribution in [0.25, 0.3) is 10.9 Å². The highest BCUT2D eigenvalue weighted by atomic mass is 32.2. The molecule has 12 atom stereocenters. The largest absolute Gasteiger partial charge is 0.508 e. The average molecular weight is 1810 g/mol. The highest BCUT2D eigenvalue weighted by molar-refractivity contribution is 8.00. The van der Waals surface area contributed by atoms with Gasteiger partial charge in [-0.05, 0) is 102 Å². The zero-order chi connectivity index (χ0) is 95.6. The van der Waals surface area contributed by atoms with Crippen molar-refractivity contribution in [3.8, 4) is 11.5 Å². The van der Waals surface area contributed by atoms with Crippen LogP contribution in [0.15, 0.2) is 170 Å². The first-order chi connectivity index (χ1) is 61.8. The number of carbonyl (C=O) groups excluding carboxylic acids is 17. The molecule has 13 N–H and O–H groups in total. The summed E-state index contributed by atoms with van der Waals surface area (Å²) in [5.74, 6) is -13.9. The first kappa shape index (κ1) is 104. The highest BCUT2D eigenvalue weighted by Crippen LogP contribution is 2.25. The third-order valence-corrected chi connectivity index (χ3v) is 23.6. The number of nitrogens with two attached hydrogens (primary N) is 1. The summed E-state index contributed by atoms with van der Waals surface area (Å²) in [5, 5.41) is 43.7. The molecule has 0 aliphatic carbocycles. The van der Waals surface area contributed by atoms with E-state index in [1.54, 1.807) is 149 Å². The minimum absolute atomic E-state index is 0.0577. The third-order valence-electron chi connectivity index (χ3n) is 22.6. The van der Waals surface area contributed by atoms with E-state index in [1.807, 2.05) is 6.92 Å². The Morgan fingerprint density at radius 1 is 0.462 bits per heavy atom. The van der Waals surface area contributed by atoms with E-state index in [0.717, 1.165) is 26.5 Å². The van der Waals surface area contributed by atoms with Crippen molar-refractivity contribution in [2.45, 2.75) is 198 Å². The van der Waals surface area contributed by atoms with Gasteiger partial charge in [0, 0.05) is 109 Å². The lowest BCUT2D eigenvalue weighted by atomic mass is 9.98. The van der Waals surface area contributed by atoms with Crippen LogP contribution in [0.2, 0.25) is 0 Å². The fourth-order valence-electron chi connectivity index (χ4n) is 15.0. The predicted octanol–water partition coefficient (Wildman–Crippen LogP) is 3.91. The van der Waals surface area contributed by atoms with Crippen molar-refractivity contribution in [3.63, 3.8) is 0 Å². The van der Waals surface area contributed by atoms with E-state index >= 15 is 38.4 Å². The van der Waals surface area contributed by atoms with E-state index in [1.165, 1.54) is 107 Å². The van der Waals surface area contributed by atoms with Crippen LogP contribution in [-0.2, 0) is 120 Å². The zero-order valence-corrected chi connectivity index (χ0v) is 76.2. The molecule has 130 heavy (non-hydrogen) atoms. The number of Topliss-reactive ketones (excluding diaryl/α,β-unsaturated/α-hetero) is 1. The first-order valence-electron chi connectivity index (χ1n) is 43.2. The van der Waals surface area contributed by atoms with Crippen molar-refractivity contribution in [2.75, 3.05) is 53.3 Å². The molecule has 1 fully saturated rings. The van der Waals surface area contributed by atoms with E-state index in [2.05, 4.69) is 47.5 Å². The number of fused-ring (bicyclic) bond motifs is 1. The van der Waals surface area contributed by atoms with Gasteiger partial charge in [0.05, 0.1) is 18.3 Å². The Labute approximate surface area is 760 Å². The molecule has 2 heterocycles. The molecular weight excluding hydrogens is 1690 g/mol. The summed E-state index contributed by atoms with van der Waals surface area (Å²) in [6.45, 7) is 10.8. The molecular formula is C95H121N15O19S. The van der Waals surface area contributed by atoms with Crippen LogP contribution >= 0.6 is 11.8 Å². The Balaban J connectivity index is 0.00000760. The molecule has 8 rings (SSSR count). The van der Waals surface area contributed by atoms with Crippen LogP contribution in [0, 0.1) is 11.8 Å². The minimum atomic E-state index is -1.57. The van der Waals surface area contributed by atoms with Gasteiger partial charge in [0.15, 0.2) is 5.78 Å². The predicted molar refractivity (Wildman–Crippen MR) is 486 cm³/mol. The SMILES string of the molecule is CCCC[C@H]1C(=O)N(C)[C@@H](C)C(=O)N[C@@H](C)C(=O)N[C@@H](C(C)C)C(=O)N(C)[C@@H](Cc2ccccc2)C(=O)N[C@@H](Cc2ccc(O)cc2)C(=O)N(C)CC(=O)N[C@@H](Cc2c[nH]c3ccccc23)C(=O)N[C@@H](Cc2ccc(O)cc2)C(=O)N[C@@H](CC(C)C)C(=O)N[C@H](C(=O)CCC(N)=O)CSCC(=O)N[C@@H](Cc2ccccc2)C(=O)N(C)[C@@H](Cc2ccccc2)C(=O)N1C.O=C=O. The number of nitrogens with one attached hydrogen (secondary N) is 9. The number of nitrogens with zero attached hydrogens (tertiary/aromatic N) is 5. The van der Waals surface area contributed by atoms with Crippen molar-refractivity contribution in [1.29, 1.82) is 0 Å². The van der Waals surface area contributed by atoms with Gasteiger partial charge in [0.2, 0.25) is 82.7 Å². The number of thioether (sulfide) groups is 1. The number of benzene rings is 6. The molecule has 0 radical (unpaired) electrons. The summed E-state index contributed by atoms with van der Waals surface area (Å²) in [4.78, 5) is 248. The monoisotopic (exact) mass is 1810 g/mol.